The number of carbonyl (C=O) groups is 7. The lowest BCUT2D eigenvalue weighted by Gasteiger charge is -2.20. The summed E-state index contributed by atoms with van der Waals surface area (Å²) in [4.78, 5) is 84.7. The zero-order chi connectivity index (χ0) is 87.5. The average Bonchev–Trinajstić information content (AvgIpc) is 0.862. The molecule has 0 aromatic heterocycles. The van der Waals surface area contributed by atoms with Gasteiger partial charge in [0.15, 0.2) is 17.7 Å². The maximum atomic E-state index is 12.8. The van der Waals surface area contributed by atoms with Gasteiger partial charge in [0.2, 0.25) is 5.78 Å². The molecule has 0 saturated heterocycles. The van der Waals surface area contributed by atoms with Gasteiger partial charge in [0.1, 0.15) is 23.9 Å². The lowest BCUT2D eigenvalue weighted by molar-refractivity contribution is -0.157. The number of aliphatic hydroxyl groups is 1. The second-order valence-electron chi connectivity index (χ2n) is 22.1. The normalized spacial score (nSPS) is 9.94. The van der Waals surface area contributed by atoms with Gasteiger partial charge in [-0.15, -0.1) is 0 Å². The summed E-state index contributed by atoms with van der Waals surface area (Å²) in [5, 5.41) is 20.5. The van der Waals surface area contributed by atoms with E-state index in [1.807, 2.05) is 133 Å². The molecule has 6 aromatic rings. The van der Waals surface area contributed by atoms with E-state index in [-0.39, 0.29) is 48.9 Å². The number of aliphatic carboxylic acids is 1. The Hall–Kier alpha value is 0.370. The predicted octanol–water partition coefficient (Wildman–Crippen LogP) is 10.9. The largest absolute Gasteiger partial charge is 0.481 e. The highest BCUT2D eigenvalue weighted by atomic mass is 33.5. The Balaban J connectivity index is 0.000000726. The highest BCUT2D eigenvalue weighted by Crippen LogP contribution is 2.22. The quantitative estimate of drug-likeness (QED) is 0.0200. The van der Waals surface area contributed by atoms with Crippen LogP contribution in [-0.2, 0) is 436 Å². The molecule has 0 fully saturated rings. The number of rotatable bonds is 21. The second kappa shape index (κ2) is 81.6. The summed E-state index contributed by atoms with van der Waals surface area (Å²) in [6.45, 7) is 10.0. The van der Waals surface area contributed by atoms with Crippen molar-refractivity contribution in [2.45, 2.75) is 116 Å². The first-order valence-electron chi connectivity index (χ1n) is 32.0. The summed E-state index contributed by atoms with van der Waals surface area (Å²) in [5.74, 6) is -2.66. The van der Waals surface area contributed by atoms with Gasteiger partial charge in [0.05, 0.1) is 18.4 Å². The number of nitrogens with zero attached hydrogens (tertiary/aromatic N) is 2. The topological polar surface area (TPSA) is 236 Å². The second-order valence-corrected chi connectivity index (χ2v) is 87.5. The number of amides is 1. The summed E-state index contributed by atoms with van der Waals surface area (Å²) < 4.78 is 15.4. The molecule has 3 N–H and O–H groups in total. The van der Waals surface area contributed by atoms with Crippen molar-refractivity contribution >= 4 is 420 Å². The Morgan fingerprint density at radius 3 is 0.958 bits per heavy atom. The molecule has 0 bridgehead atoms. The number of nitrogens with one attached hydrogen (secondary N) is 1. The lowest BCUT2D eigenvalue weighted by atomic mass is 10.00. The van der Waals surface area contributed by atoms with Crippen molar-refractivity contribution in [1.29, 1.82) is 0 Å². The highest BCUT2D eigenvalue weighted by Gasteiger charge is 2.26. The maximum absolute atomic E-state index is 12.8. The summed E-state index contributed by atoms with van der Waals surface area (Å²) in [6.07, 6.45) is -0.189. The van der Waals surface area contributed by atoms with Gasteiger partial charge in [-0.1, -0.05) is 170 Å². The van der Waals surface area contributed by atoms with Crippen LogP contribution in [0.4, 0.5) is 4.79 Å². The molecule has 0 aliphatic heterocycles. The zero-order valence-corrected chi connectivity index (χ0v) is 95.4. The number of hydrogen-bond acceptors (Lipinski definition) is 15. The first-order valence-corrected chi connectivity index (χ1v) is 84.0. The molecule has 6 aromatic carbocycles. The van der Waals surface area contributed by atoms with Gasteiger partial charge in [0, 0.05) is 393 Å². The number of esters is 2. The number of aryl methyl sites for hydroxylation is 3. The first kappa shape index (κ1) is 117. The number of carbonyl (C=O) groups excluding carboxylic acids is 6. The monoisotopic (exact) mass is 2370 g/mol. The molecule has 15 nitrogen and oxygen atoms in total. The number of ketones is 3. The van der Waals surface area contributed by atoms with E-state index in [0.717, 1.165) is 16.7 Å². The van der Waals surface area contributed by atoms with Crippen molar-refractivity contribution in [3.8, 4) is 0 Å². The van der Waals surface area contributed by atoms with Crippen LogP contribution in [0, 0.1) is 0 Å². The smallest absolute Gasteiger partial charge is 0.408 e. The van der Waals surface area contributed by atoms with Crippen molar-refractivity contribution in [2.24, 2.45) is 0 Å². The van der Waals surface area contributed by atoms with Crippen LogP contribution in [0.3, 0.4) is 0 Å². The van der Waals surface area contributed by atoms with E-state index >= 15 is 0 Å². The summed E-state index contributed by atoms with van der Waals surface area (Å²) in [7, 11) is 63.5. The molecule has 0 aliphatic rings. The van der Waals surface area contributed by atoms with E-state index in [1.165, 1.54) is 35.5 Å². The maximum Gasteiger partial charge on any atom is 0.408 e. The van der Waals surface area contributed by atoms with Gasteiger partial charge in [-0.05, 0) is 101 Å². The van der Waals surface area contributed by atoms with E-state index in [1.54, 1.807) is 383 Å². The molecule has 0 heterocycles. The lowest BCUT2D eigenvalue weighted by Crippen LogP contribution is -2.36. The Labute approximate surface area is 818 Å². The standard InChI is InChI=1S/C23H27NO5.C16H14N2O.C16H16O2.C8H14O4.S21.S20/c1-23(2,3)29-22(27)24-16-20(26)28-21(18-12-8-5-9-13-18)19(25)15-14-17-10-6-4-7-11-17;17-18-16(14-9-5-2-6-10-14)15(19)12-11-13-7-3-1-4-8-13;17-15(12-11-13-7-3-1-4-8-13)16(18)14-9-5-2-6-10-14;1-8(2,3)12-7(11)5-4-6(9)10;1-3-5-7-9-11-13-15-17-19-21-20-18-16-14-12-10-8-6-4-2;1-3-5-7-9-11-13-15-17-19-20-18-16-14-12-10-8-6-4-2/h4-13,21H,14-16H2,1-3H3,(H,24,27);1-10H,11-12H2;1-10,16,18H,11-12H2;4-5H2,1-3H3,(H,9,10);;. The van der Waals surface area contributed by atoms with Crippen molar-refractivity contribution in [3.63, 3.8) is 0 Å². The van der Waals surface area contributed by atoms with Gasteiger partial charge in [-0.2, -0.15) is 4.79 Å². The Morgan fingerprint density at radius 2 is 0.655 bits per heavy atom. The summed E-state index contributed by atoms with van der Waals surface area (Å²) in [5.41, 5.74) is 13.1. The van der Waals surface area contributed by atoms with E-state index in [4.69, 9.17) is 69.6 Å². The highest BCUT2D eigenvalue weighted by molar-refractivity contribution is 8.80. The fraction of sp³-hybridized carbons (Fsp3) is 0.302. The fourth-order valence-corrected chi connectivity index (χ4v) is 97.9. The number of ether oxygens (including phenoxy) is 3. The predicted molar refractivity (Wildman–Crippen MR) is 599 cm³/mol. The van der Waals surface area contributed by atoms with E-state index in [2.05, 4.69) is 10.1 Å². The van der Waals surface area contributed by atoms with Crippen LogP contribution in [0.2, 0.25) is 0 Å². The molecule has 656 valence electrons. The Bertz CT molecular complexity index is 6050. The fourth-order valence-electron chi connectivity index (χ4n) is 7.36. The van der Waals surface area contributed by atoms with Crippen LogP contribution < -0.4 is 5.32 Å². The summed E-state index contributed by atoms with van der Waals surface area (Å²) in [6, 6.07) is 56.1. The van der Waals surface area contributed by atoms with Crippen molar-refractivity contribution < 1.29 is 62.8 Å². The van der Waals surface area contributed by atoms with E-state index < -0.39 is 47.4 Å². The molecule has 0 aliphatic carbocycles. The Morgan fingerprint density at radius 1 is 0.370 bits per heavy atom. The van der Waals surface area contributed by atoms with Crippen LogP contribution in [0.5, 0.6) is 0 Å². The number of carboxylic acid groups (broad SMARTS) is 1. The van der Waals surface area contributed by atoms with Crippen molar-refractivity contribution in [2.75, 3.05) is 6.54 Å². The minimum absolute atomic E-state index is 0.0629. The Kier molecular flexibility index (Phi) is 80.5. The molecule has 0 saturated carbocycles. The summed E-state index contributed by atoms with van der Waals surface area (Å²) >= 11 is 19.0. The van der Waals surface area contributed by atoms with E-state index in [0.29, 0.717) is 48.8 Å². The van der Waals surface area contributed by atoms with Crippen LogP contribution in [0.15, 0.2) is 182 Å². The minimum atomic E-state index is -1.02. The molecular weight excluding hydrogens is 2310 g/mol. The third-order valence-electron chi connectivity index (χ3n) is 11.7. The van der Waals surface area contributed by atoms with Crippen LogP contribution in [0.25, 0.3) is 5.53 Å². The molecule has 1 amide bonds. The molecule has 2 unspecified atom stereocenters. The van der Waals surface area contributed by atoms with Gasteiger partial charge < -0.3 is 35.3 Å². The zero-order valence-electron chi connectivity index (χ0n) is 61.9. The number of Topliss-reactive ketones (excluding diaryl/α,β-unsaturated/α-hetero) is 3. The number of benzene rings is 6. The minimum Gasteiger partial charge on any atom is -0.481 e. The molecular formula is C63H71N3O12S41. The van der Waals surface area contributed by atoms with Crippen LogP contribution in [-0.4, -0.2) is 79.8 Å². The molecule has 119 heavy (non-hydrogen) atoms. The van der Waals surface area contributed by atoms with Gasteiger partial charge in [-0.25, -0.2) is 4.79 Å². The number of hydrogen-bond donors (Lipinski definition) is 3. The third-order valence-corrected chi connectivity index (χ3v) is 89.5. The molecule has 0 radical (unpaired) electrons. The number of alkyl carbamates (subject to hydrolysis) is 1. The van der Waals surface area contributed by atoms with Crippen molar-refractivity contribution in [3.05, 3.63) is 221 Å². The van der Waals surface area contributed by atoms with Gasteiger partial charge in [-0.3, -0.25) is 28.8 Å². The van der Waals surface area contributed by atoms with Crippen LogP contribution in [0.1, 0.15) is 119 Å². The molecule has 0 spiro atoms. The van der Waals surface area contributed by atoms with Crippen molar-refractivity contribution in [1.82, 2.24) is 5.32 Å². The number of aliphatic hydroxyl groups excluding tert-OH is 1. The third kappa shape index (κ3) is 72.8. The SMILES string of the molecule is CC(C)(C)OC(=O)CCC(=O)O.CC(C)(C)OC(=O)NCC(=O)OC(C(=O)CCc1ccccc1)c1ccccc1.O=C(CCc1ccccc1)C(O)c1ccccc1.S=S=S=S=S=S=S=S=S=S=S=S=S=S=S=S=S=S=S=S.S=S=S=S=S=S=S=S=S=S=S=S=S=S=S=S=S=S=S=S=S.[N-]=[N+]=C(C(=O)CCc1ccccc1)c1ccccc1. The van der Waals surface area contributed by atoms with Gasteiger partial charge >= 0.3 is 29.7 Å². The van der Waals surface area contributed by atoms with Gasteiger partial charge in [0.25, 0.3) is 0 Å². The molecule has 2 atom stereocenters. The molecule has 56 heteroatoms. The average molecular weight is 2380 g/mol. The van der Waals surface area contributed by atoms with E-state index in [9.17, 15) is 38.7 Å². The number of carboxylic acids is 1. The first-order chi connectivity index (χ1) is 57.5. The molecule has 6 rings (SSSR count). The van der Waals surface area contributed by atoms with Crippen LogP contribution >= 0.6 is 0 Å².